The Kier molecular flexibility index (Phi) is 5.37. The SMILES string of the molecule is CC(=O)N[C@@H](CSCC1CSc2ccccc21)C(=O)O. The normalized spacial score (nSPS) is 18.4. The molecule has 20 heavy (non-hydrogen) atoms. The maximum atomic E-state index is 11.0. The Morgan fingerprint density at radius 1 is 1.50 bits per heavy atom. The minimum absolute atomic E-state index is 0.306. The Morgan fingerprint density at radius 3 is 2.95 bits per heavy atom. The van der Waals surface area contributed by atoms with Crippen molar-refractivity contribution in [1.82, 2.24) is 5.32 Å². The van der Waals surface area contributed by atoms with Crippen LogP contribution >= 0.6 is 23.5 Å². The van der Waals surface area contributed by atoms with Gasteiger partial charge in [-0.15, -0.1) is 11.8 Å². The van der Waals surface area contributed by atoms with Gasteiger partial charge < -0.3 is 10.4 Å². The van der Waals surface area contributed by atoms with E-state index in [4.69, 9.17) is 5.11 Å². The van der Waals surface area contributed by atoms with Crippen molar-refractivity contribution in [3.8, 4) is 0 Å². The maximum Gasteiger partial charge on any atom is 0.327 e. The molecule has 1 unspecified atom stereocenters. The number of fused-ring (bicyclic) bond motifs is 1. The van der Waals surface area contributed by atoms with Gasteiger partial charge in [0.15, 0.2) is 0 Å². The summed E-state index contributed by atoms with van der Waals surface area (Å²) in [6.45, 7) is 1.34. The monoisotopic (exact) mass is 311 g/mol. The molecule has 0 saturated heterocycles. The molecule has 2 N–H and O–H groups in total. The number of carboxylic acid groups (broad SMARTS) is 1. The summed E-state index contributed by atoms with van der Waals surface area (Å²) in [5.41, 5.74) is 1.36. The number of aliphatic carboxylic acids is 1. The third kappa shape index (κ3) is 3.93. The summed E-state index contributed by atoms with van der Waals surface area (Å²) in [4.78, 5) is 23.3. The van der Waals surface area contributed by atoms with E-state index >= 15 is 0 Å². The van der Waals surface area contributed by atoms with Crippen molar-refractivity contribution >= 4 is 35.4 Å². The van der Waals surface area contributed by atoms with Crippen LogP contribution in [0.5, 0.6) is 0 Å². The fraction of sp³-hybridized carbons (Fsp3) is 0.429. The standard InChI is InChI=1S/C14H17NO3S2/c1-9(16)15-12(14(17)18)8-19-6-10-7-20-13-5-3-2-4-11(10)13/h2-5,10,12H,6-8H2,1H3,(H,15,16)(H,17,18)/t10?,12-/m0/s1. The smallest absolute Gasteiger partial charge is 0.327 e. The molecule has 0 fully saturated rings. The fourth-order valence-corrected chi connectivity index (χ4v) is 4.70. The quantitative estimate of drug-likeness (QED) is 0.843. The Balaban J connectivity index is 1.84. The van der Waals surface area contributed by atoms with Gasteiger partial charge in [-0.05, 0) is 11.6 Å². The van der Waals surface area contributed by atoms with E-state index in [-0.39, 0.29) is 5.91 Å². The highest BCUT2D eigenvalue weighted by molar-refractivity contribution is 8.00. The first-order valence-electron chi connectivity index (χ1n) is 6.37. The molecule has 1 aromatic rings. The molecule has 0 saturated carbocycles. The molecular weight excluding hydrogens is 294 g/mol. The number of carboxylic acids is 1. The molecule has 0 radical (unpaired) electrons. The highest BCUT2D eigenvalue weighted by atomic mass is 32.2. The van der Waals surface area contributed by atoms with Crippen molar-refractivity contribution in [2.75, 3.05) is 17.3 Å². The van der Waals surface area contributed by atoms with E-state index in [0.717, 1.165) is 11.5 Å². The van der Waals surface area contributed by atoms with Gasteiger partial charge in [-0.1, -0.05) is 18.2 Å². The molecule has 0 aromatic heterocycles. The van der Waals surface area contributed by atoms with Crippen LogP contribution in [0.25, 0.3) is 0 Å². The topological polar surface area (TPSA) is 66.4 Å². The van der Waals surface area contributed by atoms with E-state index in [1.807, 2.05) is 23.9 Å². The van der Waals surface area contributed by atoms with Gasteiger partial charge in [0.05, 0.1) is 0 Å². The third-order valence-corrected chi connectivity index (χ3v) is 5.54. The van der Waals surface area contributed by atoms with Crippen molar-refractivity contribution < 1.29 is 14.7 Å². The first kappa shape index (κ1) is 15.3. The van der Waals surface area contributed by atoms with Gasteiger partial charge in [0.25, 0.3) is 0 Å². The minimum Gasteiger partial charge on any atom is -0.480 e. The largest absolute Gasteiger partial charge is 0.480 e. The first-order valence-corrected chi connectivity index (χ1v) is 8.51. The van der Waals surface area contributed by atoms with Crippen molar-refractivity contribution in [2.45, 2.75) is 23.8 Å². The van der Waals surface area contributed by atoms with Crippen LogP contribution in [0.4, 0.5) is 0 Å². The van der Waals surface area contributed by atoms with Crippen LogP contribution in [0.3, 0.4) is 0 Å². The zero-order chi connectivity index (χ0) is 14.5. The van der Waals surface area contributed by atoms with E-state index in [9.17, 15) is 9.59 Å². The average molecular weight is 311 g/mol. The summed E-state index contributed by atoms with van der Waals surface area (Å²) < 4.78 is 0. The molecule has 0 bridgehead atoms. The highest BCUT2D eigenvalue weighted by Crippen LogP contribution is 2.40. The van der Waals surface area contributed by atoms with Crippen LogP contribution in [-0.2, 0) is 9.59 Å². The number of amides is 1. The molecule has 2 rings (SSSR count). The van der Waals surface area contributed by atoms with E-state index in [1.54, 1.807) is 11.8 Å². The van der Waals surface area contributed by atoms with Crippen LogP contribution in [0, 0.1) is 0 Å². The van der Waals surface area contributed by atoms with E-state index in [1.165, 1.54) is 17.4 Å². The van der Waals surface area contributed by atoms with Crippen molar-refractivity contribution in [1.29, 1.82) is 0 Å². The zero-order valence-corrected chi connectivity index (χ0v) is 12.8. The lowest BCUT2D eigenvalue weighted by Crippen LogP contribution is -2.41. The summed E-state index contributed by atoms with van der Waals surface area (Å²) in [5.74, 6) is 1.51. The number of hydrogen-bond donors (Lipinski definition) is 2. The van der Waals surface area contributed by atoms with Crippen molar-refractivity contribution in [2.24, 2.45) is 0 Å². The molecule has 1 heterocycles. The molecule has 6 heteroatoms. The summed E-state index contributed by atoms with van der Waals surface area (Å²) in [7, 11) is 0. The molecule has 0 aliphatic carbocycles. The number of rotatable bonds is 6. The lowest BCUT2D eigenvalue weighted by atomic mass is 10.0. The lowest BCUT2D eigenvalue weighted by molar-refractivity contribution is -0.140. The van der Waals surface area contributed by atoms with Gasteiger partial charge in [-0.2, -0.15) is 11.8 Å². The second-order valence-corrected chi connectivity index (χ2v) is 6.81. The number of nitrogens with one attached hydrogen (secondary N) is 1. The van der Waals surface area contributed by atoms with Crippen molar-refractivity contribution in [3.05, 3.63) is 29.8 Å². The third-order valence-electron chi connectivity index (χ3n) is 3.08. The fourth-order valence-electron chi connectivity index (χ4n) is 2.12. The lowest BCUT2D eigenvalue weighted by Gasteiger charge is -2.15. The number of carbonyl (C=O) groups excluding carboxylic acids is 1. The van der Waals surface area contributed by atoms with Crippen LogP contribution in [0.1, 0.15) is 18.4 Å². The second-order valence-electron chi connectivity index (χ2n) is 4.67. The highest BCUT2D eigenvalue weighted by Gasteiger charge is 2.24. The molecule has 4 nitrogen and oxygen atoms in total. The van der Waals surface area contributed by atoms with Gasteiger partial charge in [-0.3, -0.25) is 4.79 Å². The number of benzene rings is 1. The maximum absolute atomic E-state index is 11.0. The Bertz CT molecular complexity index is 507. The van der Waals surface area contributed by atoms with Gasteiger partial charge in [0, 0.05) is 35.0 Å². The number of carbonyl (C=O) groups is 2. The molecular formula is C14H17NO3S2. The molecule has 2 atom stereocenters. The molecule has 0 spiro atoms. The summed E-state index contributed by atoms with van der Waals surface area (Å²) in [5, 5.41) is 11.5. The van der Waals surface area contributed by atoms with E-state index in [2.05, 4.69) is 17.4 Å². The van der Waals surface area contributed by atoms with E-state index in [0.29, 0.717) is 11.7 Å². The molecule has 1 aliphatic heterocycles. The second kappa shape index (κ2) is 7.04. The number of thioether (sulfide) groups is 2. The molecule has 1 aliphatic rings. The average Bonchev–Trinajstić information content (AvgIpc) is 2.80. The van der Waals surface area contributed by atoms with Gasteiger partial charge in [-0.25, -0.2) is 4.79 Å². The van der Waals surface area contributed by atoms with Gasteiger partial charge in [0.2, 0.25) is 5.91 Å². The van der Waals surface area contributed by atoms with Crippen LogP contribution in [0.15, 0.2) is 29.2 Å². The van der Waals surface area contributed by atoms with Crippen LogP contribution in [0.2, 0.25) is 0 Å². The summed E-state index contributed by atoms with van der Waals surface area (Å²) in [6.07, 6.45) is 0. The predicted molar refractivity (Wildman–Crippen MR) is 82.5 cm³/mol. The van der Waals surface area contributed by atoms with Gasteiger partial charge >= 0.3 is 5.97 Å². The van der Waals surface area contributed by atoms with Crippen LogP contribution < -0.4 is 5.32 Å². The Hall–Kier alpha value is -1.14. The molecule has 108 valence electrons. The molecule has 1 amide bonds. The Labute approximate surface area is 126 Å². The summed E-state index contributed by atoms with van der Waals surface area (Å²) >= 11 is 3.44. The van der Waals surface area contributed by atoms with Crippen molar-refractivity contribution in [3.63, 3.8) is 0 Å². The Morgan fingerprint density at radius 2 is 2.25 bits per heavy atom. The summed E-state index contributed by atoms with van der Waals surface area (Å²) in [6, 6.07) is 7.55. The predicted octanol–water partition coefficient (Wildman–Crippen LogP) is 2.20. The first-order chi connectivity index (χ1) is 9.58. The van der Waals surface area contributed by atoms with Gasteiger partial charge in [0.1, 0.15) is 6.04 Å². The number of hydrogen-bond acceptors (Lipinski definition) is 4. The minimum atomic E-state index is -0.978. The van der Waals surface area contributed by atoms with Crippen LogP contribution in [-0.4, -0.2) is 40.3 Å². The molecule has 1 aromatic carbocycles. The zero-order valence-electron chi connectivity index (χ0n) is 11.2. The van der Waals surface area contributed by atoms with E-state index < -0.39 is 12.0 Å².